The predicted molar refractivity (Wildman–Crippen MR) is 136 cm³/mol. The molecular formula is C24H27N5O5S. The summed E-state index contributed by atoms with van der Waals surface area (Å²) in [5.41, 5.74) is 1.59. The van der Waals surface area contributed by atoms with Gasteiger partial charge >= 0.3 is 0 Å². The minimum absolute atomic E-state index is 0.0220. The van der Waals surface area contributed by atoms with Crippen molar-refractivity contribution in [1.29, 1.82) is 0 Å². The maximum absolute atomic E-state index is 12.7. The molecule has 0 radical (unpaired) electrons. The Labute approximate surface area is 208 Å². The molecule has 2 fully saturated rings. The summed E-state index contributed by atoms with van der Waals surface area (Å²) in [7, 11) is 0. The number of carbonyl (C=O) groups excluding carboxylic acids is 2. The molecule has 2 aliphatic rings. The molecule has 184 valence electrons. The first-order chi connectivity index (χ1) is 16.9. The van der Waals surface area contributed by atoms with E-state index in [9.17, 15) is 19.7 Å². The van der Waals surface area contributed by atoms with E-state index in [1.807, 2.05) is 4.90 Å². The van der Waals surface area contributed by atoms with Crippen molar-refractivity contribution >= 4 is 46.2 Å². The third kappa shape index (κ3) is 6.11. The number of hydrogen-bond acceptors (Lipinski definition) is 7. The third-order valence-electron chi connectivity index (χ3n) is 6.02. The van der Waals surface area contributed by atoms with Gasteiger partial charge in [0.25, 0.3) is 17.5 Å². The molecule has 2 aliphatic heterocycles. The molecule has 2 aromatic rings. The average molecular weight is 498 g/mol. The lowest BCUT2D eigenvalue weighted by Gasteiger charge is -2.28. The van der Waals surface area contributed by atoms with E-state index in [0.717, 1.165) is 32.4 Å². The molecule has 2 saturated heterocycles. The van der Waals surface area contributed by atoms with Crippen LogP contribution in [-0.2, 0) is 4.74 Å². The van der Waals surface area contributed by atoms with Crippen molar-refractivity contribution in [3.05, 3.63) is 63.7 Å². The van der Waals surface area contributed by atoms with Crippen molar-refractivity contribution < 1.29 is 19.2 Å². The van der Waals surface area contributed by atoms with Gasteiger partial charge in [0, 0.05) is 49.1 Å². The maximum atomic E-state index is 12.7. The molecule has 0 aromatic heterocycles. The Morgan fingerprint density at radius 1 is 0.971 bits per heavy atom. The van der Waals surface area contributed by atoms with Gasteiger partial charge in [-0.25, -0.2) is 0 Å². The number of ether oxygens (including phenoxy) is 1. The van der Waals surface area contributed by atoms with Gasteiger partial charge in [0.15, 0.2) is 5.11 Å². The normalized spacial score (nSPS) is 15.9. The Hall–Kier alpha value is -3.57. The molecule has 2 aromatic carbocycles. The standard InChI is InChI=1S/C24H27N5O5S/c30-22(17-7-8-20(21(16-17)29(32)33)27-9-2-1-3-10-27)26-24(35)25-19-6-4-5-18(15-19)23(31)28-11-13-34-14-12-28/h4-8,15-16H,1-3,9-14H2,(H2,25,26,30,35). The highest BCUT2D eigenvalue weighted by molar-refractivity contribution is 7.80. The number of morpholine rings is 1. The van der Waals surface area contributed by atoms with Crippen LogP contribution in [-0.4, -0.2) is 66.1 Å². The lowest BCUT2D eigenvalue weighted by atomic mass is 10.1. The van der Waals surface area contributed by atoms with Crippen LogP contribution in [0, 0.1) is 10.1 Å². The molecule has 0 bridgehead atoms. The van der Waals surface area contributed by atoms with Crippen LogP contribution < -0.4 is 15.5 Å². The molecule has 0 atom stereocenters. The molecule has 0 unspecified atom stereocenters. The van der Waals surface area contributed by atoms with Gasteiger partial charge in [-0.15, -0.1) is 0 Å². The van der Waals surface area contributed by atoms with Gasteiger partial charge in [0.1, 0.15) is 5.69 Å². The van der Waals surface area contributed by atoms with E-state index in [2.05, 4.69) is 10.6 Å². The van der Waals surface area contributed by atoms with Crippen LogP contribution in [0.1, 0.15) is 40.0 Å². The Bertz CT molecular complexity index is 1130. The van der Waals surface area contributed by atoms with Gasteiger partial charge in [-0.05, 0) is 61.8 Å². The van der Waals surface area contributed by atoms with Crippen LogP contribution >= 0.6 is 12.2 Å². The Morgan fingerprint density at radius 2 is 1.71 bits per heavy atom. The average Bonchev–Trinajstić information content (AvgIpc) is 2.89. The smallest absolute Gasteiger partial charge is 0.293 e. The third-order valence-corrected chi connectivity index (χ3v) is 6.23. The number of rotatable bonds is 5. The molecule has 2 amide bonds. The Morgan fingerprint density at radius 3 is 2.43 bits per heavy atom. The lowest BCUT2D eigenvalue weighted by Crippen LogP contribution is -2.40. The van der Waals surface area contributed by atoms with E-state index < -0.39 is 10.8 Å². The van der Waals surface area contributed by atoms with Crippen molar-refractivity contribution in [1.82, 2.24) is 10.2 Å². The number of amides is 2. The van der Waals surface area contributed by atoms with E-state index >= 15 is 0 Å². The van der Waals surface area contributed by atoms with Crippen LogP contribution in [0.3, 0.4) is 0 Å². The van der Waals surface area contributed by atoms with Crippen LogP contribution in [0.15, 0.2) is 42.5 Å². The second-order valence-corrected chi connectivity index (χ2v) is 8.81. The van der Waals surface area contributed by atoms with Gasteiger partial charge in [-0.2, -0.15) is 0 Å². The summed E-state index contributed by atoms with van der Waals surface area (Å²) in [5.74, 6) is -0.663. The molecule has 0 saturated carbocycles. The first-order valence-electron chi connectivity index (χ1n) is 11.6. The zero-order valence-corrected chi connectivity index (χ0v) is 20.0. The minimum atomic E-state index is -0.559. The second kappa shape index (κ2) is 11.2. The fourth-order valence-electron chi connectivity index (χ4n) is 4.23. The summed E-state index contributed by atoms with van der Waals surface area (Å²) in [4.78, 5) is 40.4. The van der Waals surface area contributed by atoms with Gasteiger partial charge in [-0.3, -0.25) is 25.0 Å². The van der Waals surface area contributed by atoms with E-state index in [-0.39, 0.29) is 22.3 Å². The quantitative estimate of drug-likeness (QED) is 0.368. The highest BCUT2D eigenvalue weighted by Gasteiger charge is 2.23. The first-order valence-corrected chi connectivity index (χ1v) is 12.0. The fraction of sp³-hybridized carbons (Fsp3) is 0.375. The molecular weight excluding hydrogens is 470 g/mol. The monoisotopic (exact) mass is 497 g/mol. The van der Waals surface area contributed by atoms with E-state index in [1.165, 1.54) is 6.07 Å². The summed E-state index contributed by atoms with van der Waals surface area (Å²) >= 11 is 5.26. The van der Waals surface area contributed by atoms with Crippen LogP contribution in [0.25, 0.3) is 0 Å². The maximum Gasteiger partial charge on any atom is 0.293 e. The highest BCUT2D eigenvalue weighted by atomic mass is 32.1. The van der Waals surface area contributed by atoms with Crippen LogP contribution in [0.5, 0.6) is 0 Å². The molecule has 35 heavy (non-hydrogen) atoms. The molecule has 0 aliphatic carbocycles. The minimum Gasteiger partial charge on any atom is -0.378 e. The molecule has 2 heterocycles. The lowest BCUT2D eigenvalue weighted by molar-refractivity contribution is -0.384. The SMILES string of the molecule is O=C(NC(=S)Nc1cccc(C(=O)N2CCOCC2)c1)c1ccc(N2CCCCC2)c([N+](=O)[O-])c1. The predicted octanol–water partition coefficient (Wildman–Crippen LogP) is 3.18. The van der Waals surface area contributed by atoms with Crippen LogP contribution in [0.4, 0.5) is 17.1 Å². The number of piperidine rings is 1. The molecule has 0 spiro atoms. The van der Waals surface area contributed by atoms with Crippen molar-refractivity contribution in [2.24, 2.45) is 0 Å². The second-order valence-electron chi connectivity index (χ2n) is 8.40. The number of nitrogens with zero attached hydrogens (tertiary/aromatic N) is 3. The zero-order valence-electron chi connectivity index (χ0n) is 19.2. The summed E-state index contributed by atoms with van der Waals surface area (Å²) < 4.78 is 5.29. The number of nitro benzene ring substituents is 1. The summed E-state index contributed by atoms with van der Waals surface area (Å²) in [6.07, 6.45) is 3.08. The number of nitro groups is 1. The summed E-state index contributed by atoms with van der Waals surface area (Å²) in [6.45, 7) is 3.61. The van der Waals surface area contributed by atoms with E-state index in [1.54, 1.807) is 41.3 Å². The number of carbonyl (C=O) groups is 2. The number of hydrogen-bond donors (Lipinski definition) is 2. The largest absolute Gasteiger partial charge is 0.378 e. The topological polar surface area (TPSA) is 117 Å². The van der Waals surface area contributed by atoms with Crippen LogP contribution in [0.2, 0.25) is 0 Å². The Balaban J connectivity index is 1.41. The Kier molecular flexibility index (Phi) is 7.88. The summed E-state index contributed by atoms with van der Waals surface area (Å²) in [6, 6.07) is 11.3. The molecule has 4 rings (SSSR count). The van der Waals surface area contributed by atoms with E-state index in [0.29, 0.717) is 43.2 Å². The van der Waals surface area contributed by atoms with Gasteiger partial charge in [-0.1, -0.05) is 6.07 Å². The summed E-state index contributed by atoms with van der Waals surface area (Å²) in [5, 5.41) is 17.2. The number of thiocarbonyl (C=S) groups is 1. The van der Waals surface area contributed by atoms with Crippen molar-refractivity contribution in [2.45, 2.75) is 19.3 Å². The first kappa shape index (κ1) is 24.6. The molecule has 10 nitrogen and oxygen atoms in total. The fourth-order valence-corrected chi connectivity index (χ4v) is 4.44. The molecule has 11 heteroatoms. The number of nitrogens with one attached hydrogen (secondary N) is 2. The number of benzene rings is 2. The van der Waals surface area contributed by atoms with Crippen molar-refractivity contribution in [2.75, 3.05) is 49.6 Å². The van der Waals surface area contributed by atoms with Gasteiger partial charge < -0.3 is 19.9 Å². The molecule has 2 N–H and O–H groups in total. The highest BCUT2D eigenvalue weighted by Crippen LogP contribution is 2.31. The van der Waals surface area contributed by atoms with Gasteiger partial charge in [0.2, 0.25) is 0 Å². The van der Waals surface area contributed by atoms with Gasteiger partial charge in [0.05, 0.1) is 18.1 Å². The van der Waals surface area contributed by atoms with E-state index in [4.69, 9.17) is 17.0 Å². The van der Waals surface area contributed by atoms with Crippen molar-refractivity contribution in [3.63, 3.8) is 0 Å². The zero-order chi connectivity index (χ0) is 24.8. The number of anilines is 2. The van der Waals surface area contributed by atoms with Crippen molar-refractivity contribution in [3.8, 4) is 0 Å².